The van der Waals surface area contributed by atoms with Gasteiger partial charge in [0, 0.05) is 17.4 Å². The highest BCUT2D eigenvalue weighted by Crippen LogP contribution is 2.37. The van der Waals surface area contributed by atoms with Crippen molar-refractivity contribution in [1.29, 1.82) is 0 Å². The van der Waals surface area contributed by atoms with Crippen molar-refractivity contribution in [3.8, 4) is 5.69 Å². The second-order valence-electron chi connectivity index (χ2n) is 7.71. The Labute approximate surface area is 177 Å². The minimum absolute atomic E-state index is 0.181. The number of benzene rings is 2. The van der Waals surface area contributed by atoms with Crippen LogP contribution >= 0.6 is 23.1 Å². The lowest BCUT2D eigenvalue weighted by atomic mass is 9.95. The Morgan fingerprint density at radius 1 is 1.03 bits per heavy atom. The van der Waals surface area contributed by atoms with E-state index in [2.05, 4.69) is 40.5 Å². The smallest absolute Gasteiger partial charge is 0.202 e. The number of thiazole rings is 1. The topological polar surface area (TPSA) is 77.7 Å². The van der Waals surface area contributed by atoms with Crippen molar-refractivity contribution < 1.29 is 8.42 Å². The summed E-state index contributed by atoms with van der Waals surface area (Å²) >= 11 is 2.88. The number of hydrogen-bond donors (Lipinski definition) is 0. The van der Waals surface area contributed by atoms with Crippen LogP contribution in [0.25, 0.3) is 15.9 Å². The third kappa shape index (κ3) is 4.08. The first-order valence-corrected chi connectivity index (χ1v) is 12.5. The maximum Gasteiger partial charge on any atom is 0.202 e. The molecule has 2 aromatic carbocycles. The van der Waals surface area contributed by atoms with Gasteiger partial charge in [-0.05, 0) is 42.1 Å². The highest BCUT2D eigenvalue weighted by Gasteiger charge is 2.26. The van der Waals surface area contributed by atoms with Crippen molar-refractivity contribution in [2.45, 2.75) is 40.6 Å². The first kappa shape index (κ1) is 20.1. The van der Waals surface area contributed by atoms with Gasteiger partial charge in [-0.15, -0.1) is 21.5 Å². The van der Waals surface area contributed by atoms with E-state index in [0.717, 1.165) is 31.2 Å². The average Bonchev–Trinajstić information content (AvgIpc) is 3.24. The van der Waals surface area contributed by atoms with Crippen LogP contribution in [0.3, 0.4) is 0 Å². The second-order valence-corrected chi connectivity index (χ2v) is 12.0. The predicted molar refractivity (Wildman–Crippen MR) is 117 cm³/mol. The van der Waals surface area contributed by atoms with Gasteiger partial charge in [-0.25, -0.2) is 13.4 Å². The summed E-state index contributed by atoms with van der Waals surface area (Å²) in [4.78, 5) is 4.94. The Balaban J connectivity index is 1.78. The average molecular weight is 445 g/mol. The number of hydrogen-bond acceptors (Lipinski definition) is 7. The van der Waals surface area contributed by atoms with Crippen LogP contribution in [0.2, 0.25) is 0 Å². The van der Waals surface area contributed by atoms with Crippen LogP contribution in [0.4, 0.5) is 0 Å². The van der Waals surface area contributed by atoms with E-state index in [1.54, 1.807) is 18.2 Å². The molecule has 0 amide bonds. The number of aromatic nitrogens is 4. The Bertz CT molecular complexity index is 1290. The van der Waals surface area contributed by atoms with Gasteiger partial charge in [-0.3, -0.25) is 4.57 Å². The molecule has 0 radical (unpaired) electrons. The molecule has 6 nitrogen and oxygen atoms in total. The van der Waals surface area contributed by atoms with Crippen LogP contribution in [-0.2, 0) is 15.3 Å². The second kappa shape index (κ2) is 7.23. The molecule has 2 aromatic heterocycles. The molecule has 9 heteroatoms. The Morgan fingerprint density at radius 3 is 2.41 bits per heavy atom. The van der Waals surface area contributed by atoms with Crippen LogP contribution in [0, 0.1) is 0 Å². The summed E-state index contributed by atoms with van der Waals surface area (Å²) in [7, 11) is -3.25. The van der Waals surface area contributed by atoms with E-state index in [0.29, 0.717) is 4.90 Å². The van der Waals surface area contributed by atoms with Crippen molar-refractivity contribution in [1.82, 2.24) is 19.7 Å². The molecular weight excluding hydrogens is 424 g/mol. The van der Waals surface area contributed by atoms with E-state index in [1.807, 2.05) is 30.3 Å². The summed E-state index contributed by atoms with van der Waals surface area (Å²) in [6, 6.07) is 15.0. The Morgan fingerprint density at radius 2 is 1.76 bits per heavy atom. The molecule has 0 atom stereocenters. The molecule has 0 bridgehead atoms. The molecular formula is C20H20N4O2S3. The fourth-order valence-corrected chi connectivity index (χ4v) is 5.65. The summed E-state index contributed by atoms with van der Waals surface area (Å²) in [5.41, 5.74) is 1.58. The summed E-state index contributed by atoms with van der Waals surface area (Å²) in [6.07, 6.45) is 1.21. The number of sulfone groups is 1. The van der Waals surface area contributed by atoms with Crippen LogP contribution in [0.15, 0.2) is 62.9 Å². The largest absolute Gasteiger partial charge is 0.273 e. The monoisotopic (exact) mass is 444 g/mol. The van der Waals surface area contributed by atoms with Crippen LogP contribution in [-0.4, -0.2) is 34.4 Å². The highest BCUT2D eigenvalue weighted by atomic mass is 32.2. The highest BCUT2D eigenvalue weighted by molar-refractivity contribution is 8.01. The molecule has 0 aliphatic carbocycles. The van der Waals surface area contributed by atoms with E-state index in [-0.39, 0.29) is 5.41 Å². The molecule has 2 heterocycles. The lowest BCUT2D eigenvalue weighted by Crippen LogP contribution is -2.18. The van der Waals surface area contributed by atoms with Gasteiger partial charge in [0.1, 0.15) is 5.82 Å². The summed E-state index contributed by atoms with van der Waals surface area (Å²) in [5.74, 6) is 0.867. The van der Waals surface area contributed by atoms with Crippen molar-refractivity contribution in [3.63, 3.8) is 0 Å². The maximum atomic E-state index is 11.8. The predicted octanol–water partition coefficient (Wildman–Crippen LogP) is 4.73. The molecule has 0 unspecified atom stereocenters. The van der Waals surface area contributed by atoms with Crippen LogP contribution in [0.5, 0.6) is 0 Å². The first-order valence-electron chi connectivity index (χ1n) is 8.93. The van der Waals surface area contributed by atoms with Crippen molar-refractivity contribution in [3.05, 3.63) is 54.4 Å². The zero-order valence-electron chi connectivity index (χ0n) is 16.4. The molecule has 29 heavy (non-hydrogen) atoms. The summed E-state index contributed by atoms with van der Waals surface area (Å²) in [5, 5.41) is 9.60. The molecule has 150 valence electrons. The quantitative estimate of drug-likeness (QED) is 0.453. The lowest BCUT2D eigenvalue weighted by Gasteiger charge is -2.19. The van der Waals surface area contributed by atoms with Gasteiger partial charge in [0.25, 0.3) is 0 Å². The first-order chi connectivity index (χ1) is 13.6. The maximum absolute atomic E-state index is 11.8. The number of nitrogens with zero attached hydrogens (tertiary/aromatic N) is 4. The molecule has 0 saturated heterocycles. The Kier molecular flexibility index (Phi) is 5.00. The summed E-state index contributed by atoms with van der Waals surface area (Å²) in [6.45, 7) is 6.32. The molecule has 0 aliphatic heterocycles. The third-order valence-corrected chi connectivity index (χ3v) is 7.40. The Hall–Kier alpha value is -2.23. The zero-order chi connectivity index (χ0) is 20.8. The van der Waals surface area contributed by atoms with Gasteiger partial charge in [-0.1, -0.05) is 39.0 Å². The molecule has 0 saturated carbocycles. The molecule has 4 aromatic rings. The number of rotatable bonds is 4. The van der Waals surface area contributed by atoms with Crippen LogP contribution < -0.4 is 0 Å². The van der Waals surface area contributed by atoms with Gasteiger partial charge in [0.2, 0.25) is 5.16 Å². The van der Waals surface area contributed by atoms with Gasteiger partial charge in [-0.2, -0.15) is 0 Å². The third-order valence-electron chi connectivity index (χ3n) is 4.27. The summed E-state index contributed by atoms with van der Waals surface area (Å²) < 4.78 is 27.3. The number of para-hydroxylation sites is 1. The molecule has 0 aliphatic rings. The van der Waals surface area contributed by atoms with Crippen molar-refractivity contribution in [2.24, 2.45) is 0 Å². The van der Waals surface area contributed by atoms with E-state index in [9.17, 15) is 8.42 Å². The zero-order valence-corrected chi connectivity index (χ0v) is 18.9. The lowest BCUT2D eigenvalue weighted by molar-refractivity contribution is 0.529. The minimum Gasteiger partial charge on any atom is -0.273 e. The SMILES string of the molecule is CC(C)(C)c1nnc(Sc2nc3ccc(S(C)(=O)=O)cc3s2)n1-c1ccccc1. The minimum atomic E-state index is -3.25. The van der Waals surface area contributed by atoms with Gasteiger partial charge in [0.05, 0.1) is 15.1 Å². The molecule has 0 fully saturated rings. The van der Waals surface area contributed by atoms with Gasteiger partial charge < -0.3 is 0 Å². The fourth-order valence-electron chi connectivity index (χ4n) is 2.87. The van der Waals surface area contributed by atoms with E-state index in [4.69, 9.17) is 0 Å². The standard InChI is InChI=1S/C20H20N4O2S3/c1-20(2,3)17-22-23-18(24(17)13-8-6-5-7-9-13)28-19-21-15-11-10-14(29(4,25)26)12-16(15)27-19/h5-12H,1-4H3. The van der Waals surface area contributed by atoms with Crippen LogP contribution in [0.1, 0.15) is 26.6 Å². The van der Waals surface area contributed by atoms with E-state index in [1.165, 1.54) is 29.4 Å². The van der Waals surface area contributed by atoms with E-state index < -0.39 is 9.84 Å². The molecule has 0 N–H and O–H groups in total. The van der Waals surface area contributed by atoms with E-state index >= 15 is 0 Å². The van der Waals surface area contributed by atoms with Gasteiger partial charge >= 0.3 is 0 Å². The molecule has 0 spiro atoms. The molecule has 4 rings (SSSR count). The normalized spacial score (nSPS) is 12.6. The fraction of sp³-hybridized carbons (Fsp3) is 0.250. The number of fused-ring (bicyclic) bond motifs is 1. The van der Waals surface area contributed by atoms with Crippen molar-refractivity contribution >= 4 is 43.2 Å². The van der Waals surface area contributed by atoms with Gasteiger partial charge in [0.15, 0.2) is 14.2 Å². The van der Waals surface area contributed by atoms with Crippen molar-refractivity contribution in [2.75, 3.05) is 6.26 Å².